The molecule has 1 heterocycles. The van der Waals surface area contributed by atoms with Crippen LogP contribution in [0, 0.1) is 68.1 Å². The SMILES string of the molecule is C#C.C#C.C#C.CC.CC.CC(C)C=CC1C(=O)OCC(=O)N(C)/C(=C/C(C)C)C(=O)O[C@H](C(C)C)C(=O)N(C)/C(=C/C(C)C)C(=O)OCC(=O)N(C)/C(=C/C(C)C)C(=O)OCC(=O)N1C.CCC.CCC.CCC. The molecule has 430 valence electrons. The summed E-state index contributed by atoms with van der Waals surface area (Å²) in [6.07, 6.45) is 33.6. The van der Waals surface area contributed by atoms with Crippen LogP contribution in [0.15, 0.2) is 47.5 Å². The lowest BCUT2D eigenvalue weighted by Gasteiger charge is -2.29. The maximum Gasteiger partial charge on any atom is 0.355 e. The molecule has 0 N–H and O–H groups in total. The Balaban J connectivity index is -0.000000346. The van der Waals surface area contributed by atoms with Crippen molar-refractivity contribution in [3.63, 3.8) is 0 Å². The van der Waals surface area contributed by atoms with Crippen LogP contribution >= 0.6 is 0 Å². The molecule has 0 aromatic carbocycles. The second kappa shape index (κ2) is 53.7. The Morgan fingerprint density at radius 1 is 0.467 bits per heavy atom. The summed E-state index contributed by atoms with van der Waals surface area (Å²) in [5, 5.41) is 0. The predicted molar refractivity (Wildman–Crippen MR) is 305 cm³/mol. The number of likely N-dealkylation sites (N-methyl/N-ethyl adjacent to an activating group) is 4. The average Bonchev–Trinajstić information content (AvgIpc) is 3.37. The van der Waals surface area contributed by atoms with Gasteiger partial charge in [0.05, 0.1) is 0 Å². The number of amides is 4. The molecule has 1 aliphatic heterocycles. The Labute approximate surface area is 456 Å². The molecule has 0 radical (unpaired) electrons. The average molecular weight is 1060 g/mol. The van der Waals surface area contributed by atoms with Crippen molar-refractivity contribution in [2.75, 3.05) is 48.0 Å². The number of nitrogens with zero attached hydrogens (tertiary/aromatic N) is 4. The number of esters is 4. The number of hydrogen-bond donors (Lipinski definition) is 0. The van der Waals surface area contributed by atoms with Crippen LogP contribution in [-0.2, 0) is 57.3 Å². The van der Waals surface area contributed by atoms with Crippen molar-refractivity contribution in [1.82, 2.24) is 19.6 Å². The lowest BCUT2D eigenvalue weighted by molar-refractivity contribution is -0.163. The number of hydrogen-bond acceptors (Lipinski definition) is 12. The molecule has 2 atom stereocenters. The Kier molecular flexibility index (Phi) is 61.0. The van der Waals surface area contributed by atoms with Crippen LogP contribution in [0.4, 0.5) is 0 Å². The summed E-state index contributed by atoms with van der Waals surface area (Å²) in [4.78, 5) is 112. The van der Waals surface area contributed by atoms with Crippen molar-refractivity contribution in [1.29, 1.82) is 0 Å². The van der Waals surface area contributed by atoms with Crippen LogP contribution in [0.2, 0.25) is 0 Å². The highest BCUT2D eigenvalue weighted by molar-refractivity contribution is 6.00. The van der Waals surface area contributed by atoms with Gasteiger partial charge in [-0.15, -0.1) is 38.5 Å². The molecule has 0 aliphatic carbocycles. The predicted octanol–water partition coefficient (Wildman–Crippen LogP) is 10.3. The number of ether oxygens (including phenoxy) is 4. The zero-order chi connectivity index (χ0) is 61.3. The van der Waals surface area contributed by atoms with E-state index in [0.29, 0.717) is 0 Å². The zero-order valence-corrected chi connectivity index (χ0v) is 50.8. The lowest BCUT2D eigenvalue weighted by atomic mass is 10.0. The van der Waals surface area contributed by atoms with Gasteiger partial charge in [0.15, 0.2) is 25.9 Å². The maximum absolute atomic E-state index is 13.9. The van der Waals surface area contributed by atoms with Crippen molar-refractivity contribution in [2.24, 2.45) is 29.6 Å². The van der Waals surface area contributed by atoms with Crippen LogP contribution in [0.5, 0.6) is 0 Å². The molecule has 1 aliphatic rings. The minimum absolute atomic E-state index is 0.0512. The monoisotopic (exact) mass is 1060 g/mol. The van der Waals surface area contributed by atoms with E-state index in [0.717, 1.165) is 19.6 Å². The fourth-order valence-corrected chi connectivity index (χ4v) is 4.89. The van der Waals surface area contributed by atoms with Crippen LogP contribution in [0.25, 0.3) is 0 Å². The molecule has 1 rings (SSSR count). The quantitative estimate of drug-likeness (QED) is 0.0807. The molecule has 0 aromatic rings. The Hall–Kier alpha value is -6.60. The standard InChI is InChI=1S/C40H60N4O12.3C3H8.2C2H6.3C2H2/c1-23(2)15-16-28-37(49)53-21-34(47)43(13)31(19-26(7)8)40(52)56-35(27(9)10)36(48)44(14)30(18-25(5)6)39(51)55-22-33(46)42(12)29(17-24(3)4)38(50)54-20-32(45)41(28)11;3*1-3-2;5*1-2/h15-19,23-28,35H,20-22H2,1-14H3;3*3H2,1-2H3;2*1-2H3;3*1-2H/b16-15?,29-17+,30-18+,31-19+;;;;;;;;/t28?,35-;;;;;;;;/m1......../s1. The summed E-state index contributed by atoms with van der Waals surface area (Å²) in [7, 11) is 5.10. The summed E-state index contributed by atoms with van der Waals surface area (Å²) < 4.78 is 21.7. The van der Waals surface area contributed by atoms with Crippen molar-refractivity contribution < 1.29 is 57.3 Å². The summed E-state index contributed by atoms with van der Waals surface area (Å²) in [6, 6.07) is -1.35. The number of allylic oxidation sites excluding steroid dienone is 4. The topological polar surface area (TPSA) is 186 Å². The van der Waals surface area contributed by atoms with Gasteiger partial charge in [0.2, 0.25) is 0 Å². The number of rotatable bonds is 6. The van der Waals surface area contributed by atoms with E-state index in [4.69, 9.17) is 18.9 Å². The molecular formula is C59H102N4O12. The molecule has 0 spiro atoms. The minimum Gasteiger partial charge on any atom is -0.454 e. The molecule has 75 heavy (non-hydrogen) atoms. The second-order valence-corrected chi connectivity index (χ2v) is 17.2. The Bertz CT molecular complexity index is 1780. The number of carbonyl (C=O) groups excluding carboxylic acids is 8. The minimum atomic E-state index is -1.46. The Morgan fingerprint density at radius 3 is 1.07 bits per heavy atom. The highest BCUT2D eigenvalue weighted by Crippen LogP contribution is 2.20. The van der Waals surface area contributed by atoms with E-state index in [1.807, 2.05) is 41.5 Å². The van der Waals surface area contributed by atoms with Gasteiger partial charge in [0.1, 0.15) is 23.1 Å². The van der Waals surface area contributed by atoms with Crippen molar-refractivity contribution in [2.45, 2.75) is 170 Å². The third kappa shape index (κ3) is 39.5. The van der Waals surface area contributed by atoms with E-state index in [-0.39, 0.29) is 40.8 Å². The fourth-order valence-electron chi connectivity index (χ4n) is 4.89. The molecule has 0 aromatic heterocycles. The molecule has 0 bridgehead atoms. The first kappa shape index (κ1) is 85.2. The fraction of sp³-hybridized carbons (Fsp3) is 0.627. The van der Waals surface area contributed by atoms with Gasteiger partial charge in [-0.2, -0.15) is 0 Å². The first-order valence-corrected chi connectivity index (χ1v) is 25.8. The van der Waals surface area contributed by atoms with Gasteiger partial charge in [0, 0.05) is 28.2 Å². The zero-order valence-electron chi connectivity index (χ0n) is 50.8. The molecule has 1 unspecified atom stereocenters. The molecule has 1 saturated heterocycles. The molecule has 16 nitrogen and oxygen atoms in total. The highest BCUT2D eigenvalue weighted by Gasteiger charge is 2.36. The van der Waals surface area contributed by atoms with Gasteiger partial charge in [-0.1, -0.05) is 188 Å². The molecule has 1 fully saturated rings. The molecule has 16 heteroatoms. The van der Waals surface area contributed by atoms with E-state index in [1.54, 1.807) is 61.5 Å². The van der Waals surface area contributed by atoms with Gasteiger partial charge < -0.3 is 38.5 Å². The van der Waals surface area contributed by atoms with Crippen molar-refractivity contribution in [3.8, 4) is 38.5 Å². The number of terminal acetylenes is 3. The molecule has 0 saturated carbocycles. The van der Waals surface area contributed by atoms with Gasteiger partial charge in [0.25, 0.3) is 23.6 Å². The van der Waals surface area contributed by atoms with E-state index >= 15 is 0 Å². The summed E-state index contributed by atoms with van der Waals surface area (Å²) >= 11 is 0. The van der Waals surface area contributed by atoms with Gasteiger partial charge in [-0.25, -0.2) is 19.2 Å². The summed E-state index contributed by atoms with van der Waals surface area (Å²) in [5.74, 6) is -8.93. The number of carbonyl (C=O) groups is 8. The van der Waals surface area contributed by atoms with Crippen LogP contribution < -0.4 is 0 Å². The van der Waals surface area contributed by atoms with E-state index in [9.17, 15) is 38.4 Å². The van der Waals surface area contributed by atoms with Gasteiger partial charge >= 0.3 is 23.9 Å². The second-order valence-electron chi connectivity index (χ2n) is 17.2. The van der Waals surface area contributed by atoms with Crippen LogP contribution in [-0.4, -0.2) is 127 Å². The van der Waals surface area contributed by atoms with Crippen molar-refractivity contribution in [3.05, 3.63) is 47.5 Å². The van der Waals surface area contributed by atoms with E-state index < -0.39 is 85.4 Å². The molecule has 4 amide bonds. The first-order chi connectivity index (χ1) is 35.1. The van der Waals surface area contributed by atoms with Gasteiger partial charge in [-0.3, -0.25) is 19.2 Å². The van der Waals surface area contributed by atoms with Crippen molar-refractivity contribution >= 4 is 47.5 Å². The summed E-state index contributed by atoms with van der Waals surface area (Å²) in [6.45, 7) is 35.6. The smallest absolute Gasteiger partial charge is 0.355 e. The van der Waals surface area contributed by atoms with E-state index in [2.05, 4.69) is 80.1 Å². The largest absolute Gasteiger partial charge is 0.454 e. The lowest BCUT2D eigenvalue weighted by Crippen LogP contribution is -2.46. The maximum atomic E-state index is 13.9. The third-order valence-corrected chi connectivity index (χ3v) is 8.07. The Morgan fingerprint density at radius 2 is 0.760 bits per heavy atom. The normalized spacial score (nSPS) is 17.9. The number of cyclic esters (lactones) is 4. The summed E-state index contributed by atoms with van der Waals surface area (Å²) in [5.41, 5.74) is -0.736. The highest BCUT2D eigenvalue weighted by atomic mass is 16.6. The van der Waals surface area contributed by atoms with Crippen LogP contribution in [0.1, 0.15) is 158 Å². The molecular weight excluding hydrogens is 957 g/mol. The van der Waals surface area contributed by atoms with E-state index in [1.165, 1.54) is 71.8 Å². The van der Waals surface area contributed by atoms with Gasteiger partial charge in [-0.05, 0) is 29.6 Å². The first-order valence-electron chi connectivity index (χ1n) is 25.8. The third-order valence-electron chi connectivity index (χ3n) is 8.07. The van der Waals surface area contributed by atoms with Crippen LogP contribution in [0.3, 0.4) is 0 Å².